The lowest BCUT2D eigenvalue weighted by Gasteiger charge is -2.28. The summed E-state index contributed by atoms with van der Waals surface area (Å²) in [6.45, 7) is 4.70. The third kappa shape index (κ3) is 5.71. The summed E-state index contributed by atoms with van der Waals surface area (Å²) in [5.74, 6) is 0. The van der Waals surface area contributed by atoms with Crippen LogP contribution in [0.25, 0.3) is 55.6 Å². The average molecular weight is 666 g/mol. The van der Waals surface area contributed by atoms with Gasteiger partial charge in [-0.2, -0.15) is 0 Å². The highest BCUT2D eigenvalue weighted by atomic mass is 15.1. The molecule has 0 radical (unpaired) electrons. The SMILES string of the molecule is CC1(C)c2ccccc2-c2ccc(N(c3ccc(-c4ccccc4)cc3)c3ccc(-c4cc(-c5ccccc5)cc(-c5ccccc5)c4)cc3)cc21. The van der Waals surface area contributed by atoms with E-state index < -0.39 is 0 Å². The summed E-state index contributed by atoms with van der Waals surface area (Å²) < 4.78 is 0. The zero-order valence-electron chi connectivity index (χ0n) is 29.5. The molecule has 0 spiro atoms. The van der Waals surface area contributed by atoms with E-state index in [2.05, 4.69) is 219 Å². The predicted octanol–water partition coefficient (Wildman–Crippen LogP) is 14.1. The van der Waals surface area contributed by atoms with Gasteiger partial charge in [0.15, 0.2) is 0 Å². The van der Waals surface area contributed by atoms with Gasteiger partial charge in [-0.15, -0.1) is 0 Å². The minimum atomic E-state index is -0.0884. The first-order valence-corrected chi connectivity index (χ1v) is 18.1. The molecule has 0 unspecified atom stereocenters. The van der Waals surface area contributed by atoms with Crippen LogP contribution in [0.4, 0.5) is 17.1 Å². The Morgan fingerprint density at radius 1 is 0.288 bits per heavy atom. The van der Waals surface area contributed by atoms with Crippen LogP contribution in [0.3, 0.4) is 0 Å². The van der Waals surface area contributed by atoms with Crippen LogP contribution in [0, 0.1) is 0 Å². The van der Waals surface area contributed by atoms with E-state index in [1.807, 2.05) is 0 Å². The van der Waals surface area contributed by atoms with E-state index in [0.717, 1.165) is 17.1 Å². The molecule has 0 amide bonds. The molecule has 0 heterocycles. The lowest BCUT2D eigenvalue weighted by molar-refractivity contribution is 0.660. The van der Waals surface area contributed by atoms with Crippen molar-refractivity contribution in [1.82, 2.24) is 0 Å². The molecule has 1 aliphatic carbocycles. The topological polar surface area (TPSA) is 3.24 Å². The van der Waals surface area contributed by atoms with E-state index in [9.17, 15) is 0 Å². The molecule has 0 saturated carbocycles. The van der Waals surface area contributed by atoms with Gasteiger partial charge in [-0.05, 0) is 121 Å². The van der Waals surface area contributed by atoms with Crippen LogP contribution < -0.4 is 4.90 Å². The van der Waals surface area contributed by atoms with Crippen molar-refractivity contribution in [2.75, 3.05) is 4.90 Å². The van der Waals surface area contributed by atoms with Crippen molar-refractivity contribution < 1.29 is 0 Å². The molecule has 248 valence electrons. The molecule has 1 nitrogen and oxygen atoms in total. The van der Waals surface area contributed by atoms with Gasteiger partial charge in [0.1, 0.15) is 0 Å². The molecule has 0 fully saturated rings. The molecule has 1 heteroatoms. The van der Waals surface area contributed by atoms with Crippen molar-refractivity contribution in [3.05, 3.63) is 211 Å². The highest BCUT2D eigenvalue weighted by Crippen LogP contribution is 2.50. The van der Waals surface area contributed by atoms with Crippen LogP contribution in [-0.4, -0.2) is 0 Å². The first kappa shape index (κ1) is 31.5. The average Bonchev–Trinajstić information content (AvgIpc) is 3.45. The summed E-state index contributed by atoms with van der Waals surface area (Å²) in [5, 5.41) is 0. The van der Waals surface area contributed by atoms with Crippen molar-refractivity contribution in [3.63, 3.8) is 0 Å². The van der Waals surface area contributed by atoms with Crippen molar-refractivity contribution in [2.24, 2.45) is 0 Å². The Morgan fingerprint density at radius 3 is 1.15 bits per heavy atom. The van der Waals surface area contributed by atoms with Gasteiger partial charge < -0.3 is 4.90 Å². The fourth-order valence-corrected chi connectivity index (χ4v) is 7.90. The summed E-state index contributed by atoms with van der Waals surface area (Å²) in [6.07, 6.45) is 0. The van der Waals surface area contributed by atoms with Crippen molar-refractivity contribution in [3.8, 4) is 55.6 Å². The molecule has 8 aromatic carbocycles. The Labute approximate surface area is 307 Å². The van der Waals surface area contributed by atoms with E-state index in [-0.39, 0.29) is 5.41 Å². The molecule has 9 rings (SSSR count). The monoisotopic (exact) mass is 665 g/mol. The molecule has 1 aliphatic rings. The number of hydrogen-bond acceptors (Lipinski definition) is 1. The maximum absolute atomic E-state index is 2.41. The summed E-state index contributed by atoms with van der Waals surface area (Å²) in [6, 6.07) is 72.8. The highest BCUT2D eigenvalue weighted by molar-refractivity contribution is 5.87. The first-order valence-electron chi connectivity index (χ1n) is 18.1. The number of anilines is 3. The number of benzene rings is 8. The van der Waals surface area contributed by atoms with Gasteiger partial charge in [0.2, 0.25) is 0 Å². The fraction of sp³-hybridized carbons (Fsp3) is 0.0588. The number of fused-ring (bicyclic) bond motifs is 3. The van der Waals surface area contributed by atoms with Crippen LogP contribution in [-0.2, 0) is 5.41 Å². The molecule has 8 aromatic rings. The summed E-state index contributed by atoms with van der Waals surface area (Å²) in [7, 11) is 0. The number of hydrogen-bond donors (Lipinski definition) is 0. The van der Waals surface area contributed by atoms with Crippen LogP contribution >= 0.6 is 0 Å². The standard InChI is InChI=1S/C51H39N/c1-51(2)49-21-13-12-20-47(49)48-31-30-46(35-50(48)51)52(44-26-22-39(23-27-44)36-14-6-3-7-15-36)45-28-24-40(25-29-45)43-33-41(37-16-8-4-9-17-37)32-42(34-43)38-18-10-5-11-19-38/h3-35H,1-2H3. The van der Waals surface area contributed by atoms with Gasteiger partial charge in [-0.3, -0.25) is 0 Å². The fourth-order valence-electron chi connectivity index (χ4n) is 7.90. The van der Waals surface area contributed by atoms with Crippen LogP contribution in [0.5, 0.6) is 0 Å². The van der Waals surface area contributed by atoms with E-state index in [1.54, 1.807) is 0 Å². The quantitative estimate of drug-likeness (QED) is 0.164. The number of rotatable bonds is 7. The van der Waals surface area contributed by atoms with Crippen LogP contribution in [0.1, 0.15) is 25.0 Å². The maximum Gasteiger partial charge on any atom is 0.0465 e. The van der Waals surface area contributed by atoms with E-state index in [4.69, 9.17) is 0 Å². The van der Waals surface area contributed by atoms with Crippen molar-refractivity contribution in [1.29, 1.82) is 0 Å². The summed E-state index contributed by atoms with van der Waals surface area (Å²) in [5.41, 5.74) is 18.4. The van der Waals surface area contributed by atoms with Crippen LogP contribution in [0.2, 0.25) is 0 Å². The second-order valence-corrected chi connectivity index (χ2v) is 14.2. The molecule has 0 bridgehead atoms. The normalized spacial score (nSPS) is 12.6. The Morgan fingerprint density at radius 2 is 0.654 bits per heavy atom. The minimum Gasteiger partial charge on any atom is -0.310 e. The zero-order valence-corrected chi connectivity index (χ0v) is 29.5. The van der Waals surface area contributed by atoms with Gasteiger partial charge in [0, 0.05) is 22.5 Å². The maximum atomic E-state index is 2.41. The third-order valence-corrected chi connectivity index (χ3v) is 10.7. The van der Waals surface area contributed by atoms with Gasteiger partial charge in [0.25, 0.3) is 0 Å². The molecule has 0 aromatic heterocycles. The molecule has 52 heavy (non-hydrogen) atoms. The van der Waals surface area contributed by atoms with E-state index in [0.29, 0.717) is 0 Å². The first-order chi connectivity index (χ1) is 25.5. The third-order valence-electron chi connectivity index (χ3n) is 10.7. The number of nitrogens with zero attached hydrogens (tertiary/aromatic N) is 1. The highest BCUT2D eigenvalue weighted by Gasteiger charge is 2.35. The second kappa shape index (κ2) is 13.0. The Kier molecular flexibility index (Phi) is 7.90. The zero-order chi connectivity index (χ0) is 35.1. The smallest absolute Gasteiger partial charge is 0.0465 e. The molecular formula is C51H39N. The summed E-state index contributed by atoms with van der Waals surface area (Å²) >= 11 is 0. The van der Waals surface area contributed by atoms with Crippen molar-refractivity contribution in [2.45, 2.75) is 19.3 Å². The Balaban J connectivity index is 1.15. The largest absolute Gasteiger partial charge is 0.310 e. The van der Waals surface area contributed by atoms with Gasteiger partial charge in [-0.25, -0.2) is 0 Å². The molecule has 0 aliphatic heterocycles. The van der Waals surface area contributed by atoms with Gasteiger partial charge >= 0.3 is 0 Å². The molecule has 0 saturated heterocycles. The van der Waals surface area contributed by atoms with Crippen LogP contribution in [0.15, 0.2) is 200 Å². The van der Waals surface area contributed by atoms with Crippen molar-refractivity contribution >= 4 is 17.1 Å². The Hall–Kier alpha value is -6.44. The second-order valence-electron chi connectivity index (χ2n) is 14.2. The van der Waals surface area contributed by atoms with Gasteiger partial charge in [0.05, 0.1) is 0 Å². The van der Waals surface area contributed by atoms with E-state index in [1.165, 1.54) is 66.8 Å². The van der Waals surface area contributed by atoms with E-state index >= 15 is 0 Å². The predicted molar refractivity (Wildman–Crippen MR) is 220 cm³/mol. The molecule has 0 N–H and O–H groups in total. The molecular weight excluding hydrogens is 627 g/mol. The minimum absolute atomic E-state index is 0.0884. The molecule has 0 atom stereocenters. The van der Waals surface area contributed by atoms with Gasteiger partial charge in [-0.1, -0.05) is 159 Å². The lowest BCUT2D eigenvalue weighted by atomic mass is 9.82. The Bertz CT molecular complexity index is 2440. The lowest BCUT2D eigenvalue weighted by Crippen LogP contribution is -2.16. The summed E-state index contributed by atoms with van der Waals surface area (Å²) in [4.78, 5) is 2.40.